The number of carbonyl (C=O) groups excluding carboxylic acids is 1. The van der Waals surface area contributed by atoms with E-state index in [1.165, 1.54) is 18.2 Å². The third kappa shape index (κ3) is 5.11. The molecule has 0 radical (unpaired) electrons. The van der Waals surface area contributed by atoms with Crippen LogP contribution in [0.25, 0.3) is 0 Å². The zero-order chi connectivity index (χ0) is 16.3. The van der Waals surface area contributed by atoms with Crippen LogP contribution in [0, 0.1) is 5.92 Å². The minimum absolute atomic E-state index is 0. The molecule has 0 aliphatic carbocycles. The summed E-state index contributed by atoms with van der Waals surface area (Å²) < 4.78 is 38.8. The maximum absolute atomic E-state index is 12.9. The van der Waals surface area contributed by atoms with Crippen molar-refractivity contribution in [3.8, 4) is 0 Å². The fourth-order valence-corrected chi connectivity index (χ4v) is 2.90. The first-order valence-electron chi connectivity index (χ1n) is 7.47. The molecule has 7 heteroatoms. The number of nitrogens with zero attached hydrogens (tertiary/aromatic N) is 1. The molecular weight excluding hydrogens is 329 g/mol. The maximum atomic E-state index is 12.9. The van der Waals surface area contributed by atoms with Crippen LogP contribution in [0.4, 0.5) is 13.2 Å². The molecule has 1 heterocycles. The number of likely N-dealkylation sites (tertiary alicyclic amines) is 1. The van der Waals surface area contributed by atoms with Crippen molar-refractivity contribution in [3.63, 3.8) is 0 Å². The SMILES string of the molecule is CC(N)C1CCN(C(=O)Cc2ccccc2C(F)(F)F)CC1.Cl. The number of alkyl halides is 3. The lowest BCUT2D eigenvalue weighted by Gasteiger charge is -2.34. The quantitative estimate of drug-likeness (QED) is 0.909. The van der Waals surface area contributed by atoms with Gasteiger partial charge in [-0.2, -0.15) is 13.2 Å². The molecule has 1 amide bonds. The standard InChI is InChI=1S/C16H21F3N2O.ClH/c1-11(20)12-6-8-21(9-7-12)15(22)10-13-4-2-3-5-14(13)16(17,18)19;/h2-5,11-12H,6-10,20H2,1H3;1H. The van der Waals surface area contributed by atoms with Crippen LogP contribution in [0.1, 0.15) is 30.9 Å². The molecule has 0 spiro atoms. The third-order valence-electron chi connectivity index (χ3n) is 4.30. The molecule has 1 atom stereocenters. The summed E-state index contributed by atoms with van der Waals surface area (Å²) in [5, 5.41) is 0. The van der Waals surface area contributed by atoms with Crippen molar-refractivity contribution in [2.24, 2.45) is 11.7 Å². The van der Waals surface area contributed by atoms with Crippen molar-refractivity contribution in [1.29, 1.82) is 0 Å². The zero-order valence-corrected chi connectivity index (χ0v) is 13.8. The third-order valence-corrected chi connectivity index (χ3v) is 4.30. The zero-order valence-electron chi connectivity index (χ0n) is 13.0. The van der Waals surface area contributed by atoms with Gasteiger partial charge in [-0.3, -0.25) is 4.79 Å². The van der Waals surface area contributed by atoms with E-state index in [0.29, 0.717) is 19.0 Å². The molecule has 2 N–H and O–H groups in total. The van der Waals surface area contributed by atoms with Gasteiger partial charge in [-0.1, -0.05) is 18.2 Å². The average Bonchev–Trinajstić information content (AvgIpc) is 2.46. The Morgan fingerprint density at radius 3 is 2.39 bits per heavy atom. The Morgan fingerprint density at radius 1 is 1.30 bits per heavy atom. The first-order chi connectivity index (χ1) is 10.3. The largest absolute Gasteiger partial charge is 0.416 e. The van der Waals surface area contributed by atoms with Gasteiger partial charge in [-0.25, -0.2) is 0 Å². The van der Waals surface area contributed by atoms with Crippen LogP contribution >= 0.6 is 12.4 Å². The van der Waals surface area contributed by atoms with E-state index in [-0.39, 0.29) is 36.3 Å². The van der Waals surface area contributed by atoms with Gasteiger partial charge < -0.3 is 10.6 Å². The maximum Gasteiger partial charge on any atom is 0.416 e. The van der Waals surface area contributed by atoms with E-state index in [4.69, 9.17) is 5.73 Å². The highest BCUT2D eigenvalue weighted by atomic mass is 35.5. The number of halogens is 4. The second kappa shape index (κ2) is 8.02. The second-order valence-corrected chi connectivity index (χ2v) is 5.91. The number of piperidine rings is 1. The van der Waals surface area contributed by atoms with Gasteiger partial charge in [0.1, 0.15) is 0 Å². The number of benzene rings is 1. The molecule has 1 unspecified atom stereocenters. The van der Waals surface area contributed by atoms with Gasteiger partial charge in [0, 0.05) is 19.1 Å². The molecule has 0 aromatic heterocycles. The lowest BCUT2D eigenvalue weighted by atomic mass is 9.90. The summed E-state index contributed by atoms with van der Waals surface area (Å²) in [6.07, 6.45) is -3.02. The van der Waals surface area contributed by atoms with Gasteiger partial charge in [0.2, 0.25) is 5.91 Å². The summed E-state index contributed by atoms with van der Waals surface area (Å²) in [7, 11) is 0. The lowest BCUT2D eigenvalue weighted by molar-refractivity contribution is -0.138. The molecule has 0 bridgehead atoms. The molecule has 0 saturated carbocycles. The number of hydrogen-bond donors (Lipinski definition) is 1. The van der Waals surface area contributed by atoms with Crippen LogP contribution in [0.5, 0.6) is 0 Å². The van der Waals surface area contributed by atoms with E-state index in [9.17, 15) is 18.0 Å². The van der Waals surface area contributed by atoms with E-state index in [0.717, 1.165) is 18.9 Å². The summed E-state index contributed by atoms with van der Waals surface area (Å²) in [5.74, 6) is 0.131. The number of rotatable bonds is 3. The Morgan fingerprint density at radius 2 is 1.87 bits per heavy atom. The highest BCUT2D eigenvalue weighted by molar-refractivity contribution is 5.85. The molecule has 23 heavy (non-hydrogen) atoms. The predicted octanol–water partition coefficient (Wildman–Crippen LogP) is 3.26. The summed E-state index contributed by atoms with van der Waals surface area (Å²) in [4.78, 5) is 13.9. The van der Waals surface area contributed by atoms with E-state index in [1.54, 1.807) is 4.90 Å². The minimum atomic E-state index is -4.43. The van der Waals surface area contributed by atoms with E-state index in [2.05, 4.69) is 0 Å². The number of amides is 1. The first-order valence-corrected chi connectivity index (χ1v) is 7.47. The fourth-order valence-electron chi connectivity index (χ4n) is 2.90. The van der Waals surface area contributed by atoms with Crippen LogP contribution < -0.4 is 5.73 Å². The second-order valence-electron chi connectivity index (χ2n) is 5.91. The van der Waals surface area contributed by atoms with Gasteiger partial charge >= 0.3 is 6.18 Å². The smallest absolute Gasteiger partial charge is 0.342 e. The van der Waals surface area contributed by atoms with Crippen molar-refractivity contribution in [3.05, 3.63) is 35.4 Å². The minimum Gasteiger partial charge on any atom is -0.342 e. The monoisotopic (exact) mass is 350 g/mol. The van der Waals surface area contributed by atoms with Crippen molar-refractivity contribution < 1.29 is 18.0 Å². The molecule has 1 aliphatic rings. The van der Waals surface area contributed by atoms with Crippen molar-refractivity contribution in [2.75, 3.05) is 13.1 Å². The van der Waals surface area contributed by atoms with Gasteiger partial charge in [0.05, 0.1) is 12.0 Å². The summed E-state index contributed by atoms with van der Waals surface area (Å²) in [5.41, 5.74) is 5.16. The molecule has 1 aliphatic heterocycles. The molecule has 1 aromatic carbocycles. The summed E-state index contributed by atoms with van der Waals surface area (Å²) >= 11 is 0. The van der Waals surface area contributed by atoms with Crippen molar-refractivity contribution >= 4 is 18.3 Å². The van der Waals surface area contributed by atoms with Crippen LogP contribution in [0.15, 0.2) is 24.3 Å². The molecule has 2 rings (SSSR count). The molecule has 1 saturated heterocycles. The Labute approximate surface area is 140 Å². The molecular formula is C16H22ClF3N2O. The van der Waals surface area contributed by atoms with Gasteiger partial charge in [0.15, 0.2) is 0 Å². The highest BCUT2D eigenvalue weighted by Crippen LogP contribution is 2.32. The molecule has 1 aromatic rings. The van der Waals surface area contributed by atoms with Gasteiger partial charge in [0.25, 0.3) is 0 Å². The predicted molar refractivity (Wildman–Crippen MR) is 85.3 cm³/mol. The number of nitrogens with two attached hydrogens (primary N) is 1. The van der Waals surface area contributed by atoms with Gasteiger partial charge in [-0.05, 0) is 37.3 Å². The molecule has 130 valence electrons. The topological polar surface area (TPSA) is 46.3 Å². The number of hydrogen-bond acceptors (Lipinski definition) is 2. The average molecular weight is 351 g/mol. The van der Waals surface area contributed by atoms with Crippen molar-refractivity contribution in [1.82, 2.24) is 4.90 Å². The summed E-state index contributed by atoms with van der Waals surface area (Å²) in [6.45, 7) is 3.08. The number of carbonyl (C=O) groups is 1. The van der Waals surface area contributed by atoms with Crippen LogP contribution in [-0.4, -0.2) is 29.9 Å². The Hall–Kier alpha value is -1.27. The highest BCUT2D eigenvalue weighted by Gasteiger charge is 2.34. The Balaban J connectivity index is 0.00000264. The van der Waals surface area contributed by atoms with Gasteiger partial charge in [-0.15, -0.1) is 12.4 Å². The fraction of sp³-hybridized carbons (Fsp3) is 0.562. The first kappa shape index (κ1) is 19.8. The van der Waals surface area contributed by atoms with E-state index < -0.39 is 11.7 Å². The van der Waals surface area contributed by atoms with Crippen LogP contribution in [0.3, 0.4) is 0 Å². The summed E-state index contributed by atoms with van der Waals surface area (Å²) in [6, 6.07) is 5.34. The van der Waals surface area contributed by atoms with Crippen molar-refractivity contribution in [2.45, 2.75) is 38.4 Å². The normalized spacial score (nSPS) is 17.5. The molecule has 3 nitrogen and oxygen atoms in total. The van der Waals surface area contributed by atoms with E-state index in [1.807, 2.05) is 6.92 Å². The Bertz CT molecular complexity index is 526. The lowest BCUT2D eigenvalue weighted by Crippen LogP contribution is -2.43. The van der Waals surface area contributed by atoms with Crippen LogP contribution in [-0.2, 0) is 17.4 Å². The Kier molecular flexibility index (Phi) is 6.89. The molecule has 1 fully saturated rings. The van der Waals surface area contributed by atoms with E-state index >= 15 is 0 Å². The van der Waals surface area contributed by atoms with Crippen LogP contribution in [0.2, 0.25) is 0 Å².